The number of aliphatic hydroxyl groups is 1. The first-order valence-corrected chi connectivity index (χ1v) is 8.15. The Hall–Kier alpha value is -2.30. The Morgan fingerprint density at radius 1 is 1.33 bits per heavy atom. The molecule has 0 spiro atoms. The van der Waals surface area contributed by atoms with Gasteiger partial charge in [0, 0.05) is 23.9 Å². The minimum atomic E-state index is -5.07. The number of carbonyl (C=O) groups is 1. The molecule has 1 aromatic heterocycles. The Morgan fingerprint density at radius 3 is 2.74 bits per heavy atom. The highest BCUT2D eigenvalue weighted by atomic mass is 35.5. The van der Waals surface area contributed by atoms with E-state index in [1.54, 1.807) is 6.07 Å². The van der Waals surface area contributed by atoms with Crippen molar-refractivity contribution in [3.05, 3.63) is 46.2 Å². The summed E-state index contributed by atoms with van der Waals surface area (Å²) in [6.45, 7) is -0.165. The molecule has 144 valence electrons. The fourth-order valence-electron chi connectivity index (χ4n) is 2.27. The van der Waals surface area contributed by atoms with Crippen molar-refractivity contribution in [2.24, 2.45) is 5.10 Å². The van der Waals surface area contributed by atoms with Gasteiger partial charge < -0.3 is 9.84 Å². The van der Waals surface area contributed by atoms with E-state index in [9.17, 15) is 23.1 Å². The average Bonchev–Trinajstić information content (AvgIpc) is 3.20. The summed E-state index contributed by atoms with van der Waals surface area (Å²) in [5.41, 5.74) is -3.75. The third-order valence-corrected chi connectivity index (χ3v) is 4.21. The molecule has 1 aromatic carbocycles. The fourth-order valence-corrected chi connectivity index (χ4v) is 2.74. The second-order valence-electron chi connectivity index (χ2n) is 5.52. The van der Waals surface area contributed by atoms with Crippen LogP contribution in [0.2, 0.25) is 10.0 Å². The summed E-state index contributed by atoms with van der Waals surface area (Å²) in [6.07, 6.45) is -3.80. The Bertz CT molecular complexity index is 903. The minimum Gasteiger partial charge on any atom is -0.470 e. The van der Waals surface area contributed by atoms with Crippen molar-refractivity contribution in [2.75, 3.05) is 0 Å². The number of hydrogen-bond acceptors (Lipinski definition) is 5. The lowest BCUT2D eigenvalue weighted by Crippen LogP contribution is -2.56. The van der Waals surface area contributed by atoms with Gasteiger partial charge in [-0.3, -0.25) is 4.79 Å². The Labute approximate surface area is 160 Å². The molecule has 0 aliphatic carbocycles. The largest absolute Gasteiger partial charge is 0.470 e. The number of amides is 1. The van der Waals surface area contributed by atoms with Gasteiger partial charge in [-0.15, -0.1) is 0 Å². The number of halogens is 5. The molecule has 0 radical (unpaired) electrons. The third kappa shape index (κ3) is 3.73. The summed E-state index contributed by atoms with van der Waals surface area (Å²) in [5.74, 6) is -0.896. The van der Waals surface area contributed by atoms with Gasteiger partial charge in [-0.05, 0) is 24.3 Å². The smallest absolute Gasteiger partial charge is 0.438 e. The predicted octanol–water partition coefficient (Wildman–Crippen LogP) is 3.31. The standard InChI is InChI=1S/C15H11Cl2F3N4O3/c16-9-1-2-12(10(17)7-9)27-8-23-6-3-11(22-23)13(25)24-14(26,4-5-21-24)15(18,19)20/h1-3,5-7,26H,4,8H2/t14-/m0/s1. The van der Waals surface area contributed by atoms with E-state index in [0.29, 0.717) is 10.8 Å². The Morgan fingerprint density at radius 2 is 2.07 bits per heavy atom. The van der Waals surface area contributed by atoms with Crippen LogP contribution in [0, 0.1) is 0 Å². The van der Waals surface area contributed by atoms with Crippen LogP contribution in [0.25, 0.3) is 0 Å². The molecular weight excluding hydrogens is 412 g/mol. The predicted molar refractivity (Wildman–Crippen MR) is 89.6 cm³/mol. The second kappa shape index (κ2) is 7.02. The number of aromatic nitrogens is 2. The molecule has 2 heterocycles. The van der Waals surface area contributed by atoms with E-state index in [-0.39, 0.29) is 22.5 Å². The zero-order chi connectivity index (χ0) is 19.8. The average molecular weight is 423 g/mol. The number of benzene rings is 1. The summed E-state index contributed by atoms with van der Waals surface area (Å²) < 4.78 is 45.8. The van der Waals surface area contributed by atoms with Crippen LogP contribution in [0.5, 0.6) is 5.75 Å². The molecule has 27 heavy (non-hydrogen) atoms. The van der Waals surface area contributed by atoms with Gasteiger partial charge >= 0.3 is 6.18 Å². The van der Waals surface area contributed by atoms with Crippen molar-refractivity contribution in [1.29, 1.82) is 0 Å². The first-order chi connectivity index (χ1) is 12.6. The summed E-state index contributed by atoms with van der Waals surface area (Å²) in [7, 11) is 0. The first kappa shape index (κ1) is 19.5. The number of nitrogens with zero attached hydrogens (tertiary/aromatic N) is 4. The van der Waals surface area contributed by atoms with Gasteiger partial charge in [-0.2, -0.15) is 28.4 Å². The summed E-state index contributed by atoms with van der Waals surface area (Å²) in [4.78, 5) is 12.3. The van der Waals surface area contributed by atoms with Crippen LogP contribution < -0.4 is 4.74 Å². The van der Waals surface area contributed by atoms with Crippen LogP contribution in [0.15, 0.2) is 35.6 Å². The number of carbonyl (C=O) groups excluding carboxylic acids is 1. The highest BCUT2D eigenvalue weighted by Gasteiger charge is 2.61. The Balaban J connectivity index is 1.72. The highest BCUT2D eigenvalue weighted by Crippen LogP contribution is 2.39. The van der Waals surface area contributed by atoms with E-state index in [1.807, 2.05) is 0 Å². The lowest BCUT2D eigenvalue weighted by atomic mass is 10.1. The van der Waals surface area contributed by atoms with Crippen LogP contribution in [-0.4, -0.2) is 43.9 Å². The lowest BCUT2D eigenvalue weighted by Gasteiger charge is -2.32. The van der Waals surface area contributed by atoms with Crippen molar-refractivity contribution in [1.82, 2.24) is 14.8 Å². The number of hydrazone groups is 1. The maximum atomic E-state index is 13.1. The van der Waals surface area contributed by atoms with Crippen molar-refractivity contribution in [2.45, 2.75) is 25.1 Å². The molecule has 0 saturated heterocycles. The minimum absolute atomic E-state index is 0.0312. The third-order valence-electron chi connectivity index (χ3n) is 3.68. The maximum absolute atomic E-state index is 13.1. The van der Waals surface area contributed by atoms with E-state index in [0.717, 1.165) is 6.21 Å². The van der Waals surface area contributed by atoms with Gasteiger partial charge in [-0.25, -0.2) is 4.68 Å². The molecule has 3 rings (SSSR count). The van der Waals surface area contributed by atoms with Crippen LogP contribution in [0.4, 0.5) is 13.2 Å². The molecule has 1 aliphatic rings. The van der Waals surface area contributed by atoms with Crippen LogP contribution in [0.1, 0.15) is 16.9 Å². The molecule has 1 N–H and O–H groups in total. The molecule has 7 nitrogen and oxygen atoms in total. The first-order valence-electron chi connectivity index (χ1n) is 7.39. The van der Waals surface area contributed by atoms with Crippen molar-refractivity contribution in [3.8, 4) is 5.75 Å². The number of ether oxygens (including phenoxy) is 1. The second-order valence-corrected chi connectivity index (χ2v) is 6.37. The molecule has 1 atom stereocenters. The highest BCUT2D eigenvalue weighted by molar-refractivity contribution is 6.35. The molecular formula is C15H11Cl2F3N4O3. The monoisotopic (exact) mass is 422 g/mol. The Kier molecular flexibility index (Phi) is 5.06. The number of rotatable bonds is 4. The molecule has 0 saturated carbocycles. The molecule has 0 bridgehead atoms. The van der Waals surface area contributed by atoms with Gasteiger partial charge in [0.1, 0.15) is 5.75 Å². The summed E-state index contributed by atoms with van der Waals surface area (Å²) >= 11 is 11.7. The van der Waals surface area contributed by atoms with Gasteiger partial charge in [0.05, 0.1) is 5.02 Å². The number of hydrogen-bond donors (Lipinski definition) is 1. The van der Waals surface area contributed by atoms with E-state index < -0.39 is 24.2 Å². The lowest BCUT2D eigenvalue weighted by molar-refractivity contribution is -0.297. The molecule has 1 amide bonds. The van der Waals surface area contributed by atoms with Crippen molar-refractivity contribution in [3.63, 3.8) is 0 Å². The summed E-state index contributed by atoms with van der Waals surface area (Å²) in [6, 6.07) is 5.74. The molecule has 12 heteroatoms. The molecule has 1 aliphatic heterocycles. The van der Waals surface area contributed by atoms with Crippen LogP contribution >= 0.6 is 23.2 Å². The number of alkyl halides is 3. The SMILES string of the molecule is O=C(c1ccn(COc2ccc(Cl)cc2Cl)n1)N1N=CC[C@]1(O)C(F)(F)F. The van der Waals surface area contributed by atoms with E-state index in [4.69, 9.17) is 27.9 Å². The van der Waals surface area contributed by atoms with Gasteiger partial charge in [0.25, 0.3) is 11.6 Å². The van der Waals surface area contributed by atoms with E-state index >= 15 is 0 Å². The molecule has 2 aromatic rings. The van der Waals surface area contributed by atoms with Gasteiger partial charge in [0.2, 0.25) is 0 Å². The topological polar surface area (TPSA) is 80.0 Å². The van der Waals surface area contributed by atoms with Gasteiger partial charge in [-0.1, -0.05) is 23.2 Å². The quantitative estimate of drug-likeness (QED) is 0.819. The van der Waals surface area contributed by atoms with Crippen LogP contribution in [-0.2, 0) is 6.73 Å². The zero-order valence-electron chi connectivity index (χ0n) is 13.3. The maximum Gasteiger partial charge on any atom is 0.438 e. The van der Waals surface area contributed by atoms with Crippen molar-refractivity contribution >= 4 is 35.3 Å². The van der Waals surface area contributed by atoms with Crippen molar-refractivity contribution < 1.29 is 27.8 Å². The normalized spacial score (nSPS) is 19.6. The van der Waals surface area contributed by atoms with E-state index in [2.05, 4.69) is 10.2 Å². The van der Waals surface area contributed by atoms with Crippen LogP contribution in [0.3, 0.4) is 0 Å². The zero-order valence-corrected chi connectivity index (χ0v) is 14.8. The summed E-state index contributed by atoms with van der Waals surface area (Å²) in [5, 5.41) is 17.6. The molecule has 0 fully saturated rings. The molecule has 0 unspecified atom stereocenters. The fraction of sp³-hybridized carbons (Fsp3) is 0.267. The van der Waals surface area contributed by atoms with E-state index in [1.165, 1.54) is 29.1 Å². The van der Waals surface area contributed by atoms with Gasteiger partial charge in [0.15, 0.2) is 12.4 Å².